The van der Waals surface area contributed by atoms with Gasteiger partial charge in [0.2, 0.25) is 5.91 Å². The van der Waals surface area contributed by atoms with Gasteiger partial charge in [-0.25, -0.2) is 0 Å². The molecule has 6 heteroatoms. The average Bonchev–Trinajstić information content (AvgIpc) is 3.07. The van der Waals surface area contributed by atoms with Crippen molar-refractivity contribution >= 4 is 16.8 Å². The second-order valence-corrected chi connectivity index (χ2v) is 9.05. The molecule has 1 aromatic heterocycles. The summed E-state index contributed by atoms with van der Waals surface area (Å²) in [5, 5.41) is 4.28. The van der Waals surface area contributed by atoms with Crippen LogP contribution in [0.15, 0.2) is 30.5 Å². The second-order valence-electron chi connectivity index (χ2n) is 9.05. The molecule has 30 heavy (non-hydrogen) atoms. The minimum absolute atomic E-state index is 0.0699. The number of carbonyl (C=O) groups is 1. The zero-order chi connectivity index (χ0) is 20.9. The number of amides is 1. The first-order chi connectivity index (χ1) is 14.6. The molecule has 2 saturated heterocycles. The number of likely N-dealkylation sites (tertiary alicyclic amines) is 1. The topological polar surface area (TPSA) is 49.7 Å². The van der Waals surface area contributed by atoms with E-state index in [0.717, 1.165) is 51.5 Å². The van der Waals surface area contributed by atoms with Crippen LogP contribution in [0.1, 0.15) is 38.7 Å². The monoisotopic (exact) mass is 412 g/mol. The molecule has 2 aromatic rings. The van der Waals surface area contributed by atoms with Crippen molar-refractivity contribution in [3.8, 4) is 0 Å². The van der Waals surface area contributed by atoms with Gasteiger partial charge >= 0.3 is 0 Å². The number of hydrogen-bond donors (Lipinski definition) is 1. The van der Waals surface area contributed by atoms with Gasteiger partial charge in [0.1, 0.15) is 6.54 Å². The van der Waals surface area contributed by atoms with Gasteiger partial charge in [0.05, 0.1) is 13.2 Å². The lowest BCUT2D eigenvalue weighted by Gasteiger charge is -2.39. The number of benzene rings is 1. The molecule has 164 valence electrons. The van der Waals surface area contributed by atoms with Crippen molar-refractivity contribution in [1.29, 1.82) is 0 Å². The highest BCUT2D eigenvalue weighted by molar-refractivity contribution is 5.86. The number of para-hydroxylation sites is 1. The summed E-state index contributed by atoms with van der Waals surface area (Å²) in [6, 6.07) is 9.25. The molecular formula is C24H36N4O2. The molecule has 1 N–H and O–H groups in total. The molecule has 0 aliphatic carbocycles. The summed E-state index contributed by atoms with van der Waals surface area (Å²) < 4.78 is 7.64. The molecule has 6 nitrogen and oxygen atoms in total. The summed E-state index contributed by atoms with van der Waals surface area (Å²) in [5.74, 6) is 0.0699. The molecule has 1 atom stereocenters. The molecule has 2 fully saturated rings. The number of rotatable bonds is 7. The van der Waals surface area contributed by atoms with Gasteiger partial charge < -0.3 is 14.6 Å². The molecule has 2 aliphatic heterocycles. The van der Waals surface area contributed by atoms with Crippen molar-refractivity contribution in [1.82, 2.24) is 19.7 Å². The van der Waals surface area contributed by atoms with Gasteiger partial charge in [-0.3, -0.25) is 14.6 Å². The van der Waals surface area contributed by atoms with Crippen molar-refractivity contribution in [3.05, 3.63) is 36.0 Å². The molecule has 1 amide bonds. The maximum atomic E-state index is 12.4. The maximum Gasteiger partial charge on any atom is 0.240 e. The number of aromatic nitrogens is 1. The largest absolute Gasteiger partial charge is 0.379 e. The summed E-state index contributed by atoms with van der Waals surface area (Å²) in [6.45, 7) is 11.4. The first-order valence-electron chi connectivity index (χ1n) is 11.5. The van der Waals surface area contributed by atoms with Gasteiger partial charge in [0, 0.05) is 55.4 Å². The van der Waals surface area contributed by atoms with Gasteiger partial charge in [0.25, 0.3) is 0 Å². The number of ether oxygens (including phenoxy) is 1. The van der Waals surface area contributed by atoms with Crippen LogP contribution in [0.3, 0.4) is 0 Å². The molecule has 1 aromatic carbocycles. The summed E-state index contributed by atoms with van der Waals surface area (Å²) in [5.41, 5.74) is 2.48. The van der Waals surface area contributed by atoms with Crippen LogP contribution < -0.4 is 5.32 Å². The third kappa shape index (κ3) is 5.23. The molecule has 0 saturated carbocycles. The average molecular weight is 413 g/mol. The Hall–Kier alpha value is -1.89. The van der Waals surface area contributed by atoms with Crippen molar-refractivity contribution in [2.75, 3.05) is 39.4 Å². The van der Waals surface area contributed by atoms with E-state index in [2.05, 4.69) is 50.1 Å². The minimum atomic E-state index is 0.0699. The van der Waals surface area contributed by atoms with Crippen LogP contribution in [0.25, 0.3) is 10.9 Å². The molecule has 0 spiro atoms. The Balaban J connectivity index is 1.51. The third-order valence-corrected chi connectivity index (χ3v) is 6.33. The van der Waals surface area contributed by atoms with Crippen molar-refractivity contribution in [2.45, 2.75) is 58.3 Å². The van der Waals surface area contributed by atoms with Gasteiger partial charge in [-0.2, -0.15) is 0 Å². The fourth-order valence-corrected chi connectivity index (χ4v) is 4.88. The number of nitrogens with zero attached hydrogens (tertiary/aromatic N) is 3. The number of carbonyl (C=O) groups excluding carboxylic acids is 1. The van der Waals surface area contributed by atoms with Crippen molar-refractivity contribution in [2.24, 2.45) is 0 Å². The van der Waals surface area contributed by atoms with Crippen LogP contribution in [-0.4, -0.2) is 71.8 Å². The van der Waals surface area contributed by atoms with Gasteiger partial charge in [0.15, 0.2) is 0 Å². The van der Waals surface area contributed by atoms with E-state index in [4.69, 9.17) is 4.74 Å². The number of piperidine rings is 1. The molecule has 0 radical (unpaired) electrons. The normalized spacial score (nSPS) is 21.4. The van der Waals surface area contributed by atoms with E-state index in [-0.39, 0.29) is 11.9 Å². The first-order valence-corrected chi connectivity index (χ1v) is 11.5. The lowest BCUT2D eigenvalue weighted by Crippen LogP contribution is -2.49. The molecule has 4 rings (SSSR count). The Morgan fingerprint density at radius 1 is 1.17 bits per heavy atom. The SMILES string of the molecule is CC(C)NC(=O)Cn1cc(CN2CCCC[C@H]2CN2CCOCC2)c2ccccc21. The highest BCUT2D eigenvalue weighted by Crippen LogP contribution is 2.26. The van der Waals surface area contributed by atoms with Crippen LogP contribution in [0, 0.1) is 0 Å². The minimum Gasteiger partial charge on any atom is -0.379 e. The Bertz CT molecular complexity index is 841. The van der Waals surface area contributed by atoms with Crippen LogP contribution in [-0.2, 0) is 22.6 Å². The summed E-state index contributed by atoms with van der Waals surface area (Å²) in [7, 11) is 0. The first kappa shape index (κ1) is 21.3. The van der Waals surface area contributed by atoms with E-state index in [0.29, 0.717) is 12.6 Å². The quantitative estimate of drug-likeness (QED) is 0.760. The lowest BCUT2D eigenvalue weighted by molar-refractivity contribution is -0.122. The van der Waals surface area contributed by atoms with E-state index in [1.165, 1.54) is 30.2 Å². The third-order valence-electron chi connectivity index (χ3n) is 6.33. The summed E-state index contributed by atoms with van der Waals surface area (Å²) >= 11 is 0. The van der Waals surface area contributed by atoms with Gasteiger partial charge in [-0.15, -0.1) is 0 Å². The van der Waals surface area contributed by atoms with Crippen LogP contribution in [0.2, 0.25) is 0 Å². The fraction of sp³-hybridized carbons (Fsp3) is 0.625. The van der Waals surface area contributed by atoms with Crippen LogP contribution in [0.4, 0.5) is 0 Å². The molecular weight excluding hydrogens is 376 g/mol. The van der Waals surface area contributed by atoms with E-state index in [9.17, 15) is 4.79 Å². The standard InChI is InChI=1S/C24H36N4O2/c1-19(2)25-24(29)18-28-16-20(22-8-3-4-9-23(22)28)15-27-10-6-5-7-21(27)17-26-11-13-30-14-12-26/h3-4,8-9,16,19,21H,5-7,10-15,17-18H2,1-2H3,(H,25,29)/t21-/m0/s1. The number of morpholine rings is 1. The zero-order valence-corrected chi connectivity index (χ0v) is 18.5. The molecule has 0 bridgehead atoms. The predicted octanol–water partition coefficient (Wildman–Crippen LogP) is 2.85. The smallest absolute Gasteiger partial charge is 0.240 e. The van der Waals surface area contributed by atoms with Crippen molar-refractivity contribution < 1.29 is 9.53 Å². The molecule has 0 unspecified atom stereocenters. The van der Waals surface area contributed by atoms with Crippen LogP contribution >= 0.6 is 0 Å². The van der Waals surface area contributed by atoms with Gasteiger partial charge in [-0.1, -0.05) is 24.6 Å². The van der Waals surface area contributed by atoms with Gasteiger partial charge in [-0.05, 0) is 44.9 Å². The molecule has 2 aliphatic rings. The Kier molecular flexibility index (Phi) is 7.08. The Morgan fingerprint density at radius 2 is 1.97 bits per heavy atom. The lowest BCUT2D eigenvalue weighted by atomic mass is 10.00. The Labute approximate surface area is 180 Å². The van der Waals surface area contributed by atoms with E-state index in [1.54, 1.807) is 0 Å². The van der Waals surface area contributed by atoms with E-state index in [1.807, 2.05) is 13.8 Å². The highest BCUT2D eigenvalue weighted by atomic mass is 16.5. The number of nitrogens with one attached hydrogen (secondary N) is 1. The Morgan fingerprint density at radius 3 is 2.77 bits per heavy atom. The molecule has 3 heterocycles. The number of hydrogen-bond acceptors (Lipinski definition) is 4. The zero-order valence-electron chi connectivity index (χ0n) is 18.5. The van der Waals surface area contributed by atoms with Crippen molar-refractivity contribution in [3.63, 3.8) is 0 Å². The van der Waals surface area contributed by atoms with E-state index >= 15 is 0 Å². The summed E-state index contributed by atoms with van der Waals surface area (Å²) in [6.07, 6.45) is 6.06. The second kappa shape index (κ2) is 9.94. The van der Waals surface area contributed by atoms with Crippen LogP contribution in [0.5, 0.6) is 0 Å². The summed E-state index contributed by atoms with van der Waals surface area (Å²) in [4.78, 5) is 17.6. The maximum absolute atomic E-state index is 12.4. The predicted molar refractivity (Wildman–Crippen MR) is 121 cm³/mol. The fourth-order valence-electron chi connectivity index (χ4n) is 4.88. The highest BCUT2D eigenvalue weighted by Gasteiger charge is 2.26. The number of fused-ring (bicyclic) bond motifs is 1. The van der Waals surface area contributed by atoms with E-state index < -0.39 is 0 Å².